The van der Waals surface area contributed by atoms with Gasteiger partial charge in [-0.25, -0.2) is 0 Å². The second-order valence-corrected chi connectivity index (χ2v) is 6.37. The van der Waals surface area contributed by atoms with Crippen LogP contribution < -0.4 is 15.4 Å². The van der Waals surface area contributed by atoms with Crippen LogP contribution in [0.4, 0.5) is 0 Å². The largest absolute Gasteiger partial charge is 0.484 e. The molecule has 0 spiro atoms. The van der Waals surface area contributed by atoms with E-state index in [9.17, 15) is 9.59 Å². The molecular weight excluding hydrogens is 340 g/mol. The van der Waals surface area contributed by atoms with E-state index < -0.39 is 0 Å². The molecule has 0 unspecified atom stereocenters. The average Bonchev–Trinajstić information content (AvgIpc) is 2.86. The Kier molecular flexibility index (Phi) is 10.2. The minimum absolute atomic E-state index is 0. The number of amides is 1. The summed E-state index contributed by atoms with van der Waals surface area (Å²) in [6.07, 6.45) is 7.77. The van der Waals surface area contributed by atoms with Crippen molar-refractivity contribution in [2.24, 2.45) is 0 Å². The molecule has 1 aliphatic carbocycles. The van der Waals surface area contributed by atoms with Crippen LogP contribution in [0.3, 0.4) is 0 Å². The number of nitrogens with one attached hydrogen (secondary N) is 2. The first-order valence-corrected chi connectivity index (χ1v) is 8.89. The van der Waals surface area contributed by atoms with Gasteiger partial charge in [0.1, 0.15) is 5.75 Å². The Morgan fingerprint density at radius 3 is 2.52 bits per heavy atom. The topological polar surface area (TPSA) is 67.4 Å². The van der Waals surface area contributed by atoms with Crippen molar-refractivity contribution in [3.8, 4) is 5.75 Å². The van der Waals surface area contributed by atoms with Gasteiger partial charge in [-0.3, -0.25) is 9.59 Å². The Morgan fingerprint density at radius 2 is 1.84 bits per heavy atom. The molecule has 2 rings (SSSR count). The zero-order valence-electron chi connectivity index (χ0n) is 14.9. The van der Waals surface area contributed by atoms with Crippen LogP contribution >= 0.6 is 12.4 Å². The summed E-state index contributed by atoms with van der Waals surface area (Å²) in [7, 11) is 0. The quantitative estimate of drug-likeness (QED) is 0.420. The number of rotatable bonds is 8. The number of Topliss-reactive ketones (excluding diaryl/α,β-unsaturated/α-hetero) is 1. The molecular formula is C19H29ClN2O3. The van der Waals surface area contributed by atoms with Crippen LogP contribution in [0.2, 0.25) is 0 Å². The smallest absolute Gasteiger partial charge is 0.257 e. The zero-order valence-corrected chi connectivity index (χ0v) is 15.7. The summed E-state index contributed by atoms with van der Waals surface area (Å²) < 4.78 is 5.44. The fraction of sp³-hybridized carbons (Fsp3) is 0.579. The van der Waals surface area contributed by atoms with Gasteiger partial charge >= 0.3 is 0 Å². The maximum atomic E-state index is 11.8. The Morgan fingerprint density at radius 1 is 1.12 bits per heavy atom. The summed E-state index contributed by atoms with van der Waals surface area (Å²) >= 11 is 0. The molecule has 25 heavy (non-hydrogen) atoms. The Labute approximate surface area is 156 Å². The summed E-state index contributed by atoms with van der Waals surface area (Å²) in [6.45, 7) is 2.86. The van der Waals surface area contributed by atoms with E-state index in [2.05, 4.69) is 10.6 Å². The molecule has 0 heterocycles. The number of hydrogen-bond acceptors (Lipinski definition) is 4. The van der Waals surface area contributed by atoms with E-state index in [1.165, 1.54) is 45.4 Å². The highest BCUT2D eigenvalue weighted by molar-refractivity contribution is 5.94. The monoisotopic (exact) mass is 368 g/mol. The summed E-state index contributed by atoms with van der Waals surface area (Å²) in [4.78, 5) is 23.1. The molecule has 0 radical (unpaired) electrons. The zero-order chi connectivity index (χ0) is 17.2. The molecule has 0 aliphatic heterocycles. The lowest BCUT2D eigenvalue weighted by Gasteiger charge is -2.16. The number of benzene rings is 1. The normalized spacial score (nSPS) is 14.9. The lowest BCUT2D eigenvalue weighted by atomic mass is 10.1. The van der Waals surface area contributed by atoms with E-state index in [0.29, 0.717) is 23.9 Å². The van der Waals surface area contributed by atoms with Gasteiger partial charge in [0.15, 0.2) is 12.4 Å². The number of carbonyl (C=O) groups excluding carboxylic acids is 2. The summed E-state index contributed by atoms with van der Waals surface area (Å²) in [5, 5.41) is 6.37. The van der Waals surface area contributed by atoms with Gasteiger partial charge in [0, 0.05) is 24.7 Å². The summed E-state index contributed by atoms with van der Waals surface area (Å²) in [5.41, 5.74) is 0.584. The second kappa shape index (κ2) is 11.9. The highest BCUT2D eigenvalue weighted by atomic mass is 35.5. The number of hydrogen-bond donors (Lipinski definition) is 2. The minimum atomic E-state index is -0.147. The van der Waals surface area contributed by atoms with E-state index in [4.69, 9.17) is 4.74 Å². The van der Waals surface area contributed by atoms with Gasteiger partial charge in [0.05, 0.1) is 0 Å². The molecule has 0 bridgehead atoms. The number of carbonyl (C=O) groups is 2. The number of ketones is 1. The molecule has 1 aromatic carbocycles. The van der Waals surface area contributed by atoms with Crippen LogP contribution in [0.25, 0.3) is 0 Å². The molecule has 1 aromatic rings. The molecule has 1 amide bonds. The maximum Gasteiger partial charge on any atom is 0.257 e. The maximum absolute atomic E-state index is 11.8. The molecule has 1 aliphatic rings. The van der Waals surface area contributed by atoms with Gasteiger partial charge in [-0.05, 0) is 31.9 Å². The molecule has 140 valence electrons. The summed E-state index contributed by atoms with van der Waals surface area (Å²) in [5.74, 6) is 0.370. The van der Waals surface area contributed by atoms with Gasteiger partial charge in [0.2, 0.25) is 0 Å². The second-order valence-electron chi connectivity index (χ2n) is 6.37. The first kappa shape index (κ1) is 21.5. The van der Waals surface area contributed by atoms with Gasteiger partial charge < -0.3 is 15.4 Å². The average molecular weight is 369 g/mol. The Hall–Kier alpha value is -1.59. The molecule has 6 heteroatoms. The van der Waals surface area contributed by atoms with Crippen LogP contribution in [0.1, 0.15) is 55.8 Å². The van der Waals surface area contributed by atoms with Crippen LogP contribution in [-0.2, 0) is 4.79 Å². The first-order chi connectivity index (χ1) is 11.6. The Bertz CT molecular complexity index is 543. The fourth-order valence-corrected chi connectivity index (χ4v) is 2.97. The number of halogens is 1. The lowest BCUT2D eigenvalue weighted by molar-refractivity contribution is -0.123. The van der Waals surface area contributed by atoms with Crippen LogP contribution in [-0.4, -0.2) is 37.4 Å². The van der Waals surface area contributed by atoms with Crippen LogP contribution in [0.5, 0.6) is 5.75 Å². The molecule has 1 saturated carbocycles. The minimum Gasteiger partial charge on any atom is -0.484 e. The molecule has 1 fully saturated rings. The molecule has 5 nitrogen and oxygen atoms in total. The Balaban J connectivity index is 0.00000312. The third-order valence-electron chi connectivity index (χ3n) is 4.35. The van der Waals surface area contributed by atoms with Gasteiger partial charge in [0.25, 0.3) is 5.91 Å². The summed E-state index contributed by atoms with van der Waals surface area (Å²) in [6, 6.07) is 7.47. The molecule has 0 saturated heterocycles. The van der Waals surface area contributed by atoms with Gasteiger partial charge in [-0.1, -0.05) is 37.8 Å². The van der Waals surface area contributed by atoms with Crippen molar-refractivity contribution >= 4 is 24.1 Å². The predicted octanol–water partition coefficient (Wildman–Crippen LogP) is 3.12. The van der Waals surface area contributed by atoms with Gasteiger partial charge in [-0.15, -0.1) is 12.4 Å². The van der Waals surface area contributed by atoms with E-state index in [1.54, 1.807) is 24.3 Å². The van der Waals surface area contributed by atoms with Crippen molar-refractivity contribution in [3.05, 3.63) is 29.8 Å². The van der Waals surface area contributed by atoms with Crippen molar-refractivity contribution in [3.63, 3.8) is 0 Å². The van der Waals surface area contributed by atoms with E-state index >= 15 is 0 Å². The van der Waals surface area contributed by atoms with Crippen molar-refractivity contribution in [1.29, 1.82) is 0 Å². The van der Waals surface area contributed by atoms with Crippen molar-refractivity contribution in [2.75, 3.05) is 19.7 Å². The lowest BCUT2D eigenvalue weighted by Crippen LogP contribution is -2.38. The highest BCUT2D eigenvalue weighted by Gasteiger charge is 2.11. The SMILES string of the molecule is CC(=O)c1cccc(OCC(=O)NCCNC2CCCCCC2)c1.Cl. The highest BCUT2D eigenvalue weighted by Crippen LogP contribution is 2.17. The molecule has 0 atom stereocenters. The fourth-order valence-electron chi connectivity index (χ4n) is 2.97. The van der Waals surface area contributed by atoms with Crippen molar-refractivity contribution < 1.29 is 14.3 Å². The van der Waals surface area contributed by atoms with E-state index in [-0.39, 0.29) is 30.7 Å². The van der Waals surface area contributed by atoms with Crippen molar-refractivity contribution in [1.82, 2.24) is 10.6 Å². The van der Waals surface area contributed by atoms with Crippen LogP contribution in [0, 0.1) is 0 Å². The first-order valence-electron chi connectivity index (χ1n) is 8.89. The van der Waals surface area contributed by atoms with Crippen molar-refractivity contribution in [2.45, 2.75) is 51.5 Å². The third kappa shape index (κ3) is 8.36. The van der Waals surface area contributed by atoms with Gasteiger partial charge in [-0.2, -0.15) is 0 Å². The third-order valence-corrected chi connectivity index (χ3v) is 4.35. The van der Waals surface area contributed by atoms with Crippen LogP contribution in [0.15, 0.2) is 24.3 Å². The molecule has 0 aromatic heterocycles. The molecule has 2 N–H and O–H groups in total. The number of ether oxygens (including phenoxy) is 1. The standard InChI is InChI=1S/C19H28N2O3.ClH/c1-15(22)16-7-6-10-18(13-16)24-14-19(23)21-12-11-20-17-8-4-2-3-5-9-17;/h6-7,10,13,17,20H,2-5,8-9,11-12,14H2,1H3,(H,21,23);1H. The predicted molar refractivity (Wildman–Crippen MR) is 102 cm³/mol. The van der Waals surface area contributed by atoms with E-state index in [0.717, 1.165) is 6.54 Å². The van der Waals surface area contributed by atoms with E-state index in [1.807, 2.05) is 0 Å².